The summed E-state index contributed by atoms with van der Waals surface area (Å²) < 4.78 is 0. The molecule has 1 saturated carbocycles. The summed E-state index contributed by atoms with van der Waals surface area (Å²) >= 11 is 0. The molecule has 0 bridgehead atoms. The topological polar surface area (TPSA) is 12.0 Å². The fourth-order valence-electron chi connectivity index (χ4n) is 3.94. The van der Waals surface area contributed by atoms with E-state index in [1.54, 1.807) is 5.56 Å². The number of benzene rings is 1. The van der Waals surface area contributed by atoms with Gasteiger partial charge in [-0.15, -0.1) is 0 Å². The van der Waals surface area contributed by atoms with E-state index in [9.17, 15) is 0 Å². The molecule has 0 aromatic heterocycles. The van der Waals surface area contributed by atoms with E-state index < -0.39 is 0 Å². The summed E-state index contributed by atoms with van der Waals surface area (Å²) in [6, 6.07) is 5.21. The number of hydrogen-bond acceptors (Lipinski definition) is 1. The molecule has 1 fully saturated rings. The maximum atomic E-state index is 3.62. The average Bonchev–Trinajstić information content (AvgIpc) is 2.62. The first-order valence-corrected chi connectivity index (χ1v) is 7.88. The predicted octanol–water partition coefficient (Wildman–Crippen LogP) is 4.84. The highest BCUT2D eigenvalue weighted by Gasteiger charge is 2.25. The van der Waals surface area contributed by atoms with Gasteiger partial charge in [-0.3, -0.25) is 0 Å². The minimum Gasteiger partial charge on any atom is -0.313 e. The van der Waals surface area contributed by atoms with Gasteiger partial charge in [-0.05, 0) is 63.3 Å². The van der Waals surface area contributed by atoms with Gasteiger partial charge >= 0.3 is 0 Å². The molecule has 0 amide bonds. The lowest BCUT2D eigenvalue weighted by molar-refractivity contribution is 0.339. The van der Waals surface area contributed by atoms with Crippen LogP contribution in [0.1, 0.15) is 66.8 Å². The molecule has 1 aliphatic carbocycles. The normalized spacial score (nSPS) is 19.2. The molecule has 1 nitrogen and oxygen atoms in total. The molecule has 106 valence electrons. The van der Waals surface area contributed by atoms with Crippen LogP contribution in [0.3, 0.4) is 0 Å². The largest absolute Gasteiger partial charge is 0.313 e. The van der Waals surface area contributed by atoms with E-state index in [1.807, 2.05) is 0 Å². The van der Waals surface area contributed by atoms with E-state index in [0.717, 1.165) is 5.92 Å². The molecular weight excluding hydrogens is 230 g/mol. The Balaban J connectivity index is 2.30. The third-order valence-corrected chi connectivity index (χ3v) is 4.73. The van der Waals surface area contributed by atoms with Gasteiger partial charge < -0.3 is 5.32 Å². The molecule has 1 N–H and O–H groups in total. The van der Waals surface area contributed by atoms with Crippen LogP contribution in [-0.4, -0.2) is 7.05 Å². The summed E-state index contributed by atoms with van der Waals surface area (Å²) in [5, 5.41) is 3.62. The van der Waals surface area contributed by atoms with Crippen molar-refractivity contribution < 1.29 is 0 Å². The highest BCUT2D eigenvalue weighted by atomic mass is 14.9. The summed E-state index contributed by atoms with van der Waals surface area (Å²) in [5.74, 6) is 0.813. The van der Waals surface area contributed by atoms with E-state index >= 15 is 0 Å². The minimum absolute atomic E-state index is 0.540. The first-order chi connectivity index (χ1) is 9.13. The van der Waals surface area contributed by atoms with Crippen LogP contribution < -0.4 is 5.32 Å². The van der Waals surface area contributed by atoms with Crippen molar-refractivity contribution in [3.63, 3.8) is 0 Å². The molecule has 1 unspecified atom stereocenters. The molecule has 0 saturated heterocycles. The molecule has 19 heavy (non-hydrogen) atoms. The number of nitrogens with one attached hydrogen (secondary N) is 1. The number of hydrogen-bond donors (Lipinski definition) is 1. The molecular formula is C18H29N. The van der Waals surface area contributed by atoms with Crippen LogP contribution in [0, 0.1) is 26.7 Å². The fourth-order valence-corrected chi connectivity index (χ4v) is 3.94. The standard InChI is InChI=1S/C18H29N/c1-13-11-14(2)17(15(3)12-13)18(19-4)16-9-7-5-6-8-10-16/h11-12,16,18-19H,5-10H2,1-4H3. The van der Waals surface area contributed by atoms with Crippen molar-refractivity contribution >= 4 is 0 Å². The summed E-state index contributed by atoms with van der Waals surface area (Å²) in [6.07, 6.45) is 8.45. The quantitative estimate of drug-likeness (QED) is 0.766. The molecule has 0 radical (unpaired) electrons. The van der Waals surface area contributed by atoms with Gasteiger partial charge in [-0.25, -0.2) is 0 Å². The minimum atomic E-state index is 0.540. The van der Waals surface area contributed by atoms with Crippen molar-refractivity contribution in [2.75, 3.05) is 7.05 Å². The van der Waals surface area contributed by atoms with Crippen molar-refractivity contribution in [2.24, 2.45) is 5.92 Å². The summed E-state index contributed by atoms with van der Waals surface area (Å²) in [7, 11) is 2.13. The molecule has 1 heteroatoms. The second-order valence-electron chi connectivity index (χ2n) is 6.33. The third-order valence-electron chi connectivity index (χ3n) is 4.73. The number of aryl methyl sites for hydroxylation is 3. The van der Waals surface area contributed by atoms with E-state index in [1.165, 1.54) is 55.2 Å². The highest BCUT2D eigenvalue weighted by Crippen LogP contribution is 2.36. The van der Waals surface area contributed by atoms with Crippen molar-refractivity contribution in [1.29, 1.82) is 0 Å². The maximum absolute atomic E-state index is 3.62. The van der Waals surface area contributed by atoms with Gasteiger partial charge in [0.25, 0.3) is 0 Å². The van der Waals surface area contributed by atoms with Gasteiger partial charge in [0, 0.05) is 6.04 Å². The molecule has 1 aromatic carbocycles. The smallest absolute Gasteiger partial charge is 0.0351 e. The van der Waals surface area contributed by atoms with Gasteiger partial charge in [0.1, 0.15) is 0 Å². The molecule has 0 aliphatic heterocycles. The third kappa shape index (κ3) is 3.39. The first kappa shape index (κ1) is 14.6. The van der Waals surface area contributed by atoms with Crippen molar-refractivity contribution in [2.45, 2.75) is 65.3 Å². The Labute approximate surface area is 118 Å². The number of rotatable bonds is 3. The summed E-state index contributed by atoms with van der Waals surface area (Å²) in [5.41, 5.74) is 5.86. The lowest BCUT2D eigenvalue weighted by atomic mass is 9.83. The van der Waals surface area contributed by atoms with Crippen LogP contribution in [0.15, 0.2) is 12.1 Å². The molecule has 1 aromatic rings. The lowest BCUT2D eigenvalue weighted by Gasteiger charge is -2.29. The van der Waals surface area contributed by atoms with Gasteiger partial charge in [-0.1, -0.05) is 43.4 Å². The van der Waals surface area contributed by atoms with Crippen LogP contribution in [0.2, 0.25) is 0 Å². The molecule has 1 atom stereocenters. The Kier molecular flexibility index (Phi) is 5.04. The van der Waals surface area contributed by atoms with Gasteiger partial charge in [-0.2, -0.15) is 0 Å². The van der Waals surface area contributed by atoms with E-state index in [4.69, 9.17) is 0 Å². The Morgan fingerprint density at radius 3 is 1.95 bits per heavy atom. The first-order valence-electron chi connectivity index (χ1n) is 7.88. The Morgan fingerprint density at radius 2 is 1.47 bits per heavy atom. The zero-order valence-corrected chi connectivity index (χ0v) is 13.1. The molecule has 2 rings (SSSR count). The van der Waals surface area contributed by atoms with Gasteiger partial charge in [0.05, 0.1) is 0 Å². The van der Waals surface area contributed by atoms with E-state index in [2.05, 4.69) is 45.3 Å². The zero-order valence-electron chi connectivity index (χ0n) is 13.1. The molecule has 0 heterocycles. The second-order valence-corrected chi connectivity index (χ2v) is 6.33. The van der Waals surface area contributed by atoms with Gasteiger partial charge in [0.15, 0.2) is 0 Å². The van der Waals surface area contributed by atoms with E-state index in [0.29, 0.717) is 6.04 Å². The average molecular weight is 259 g/mol. The maximum Gasteiger partial charge on any atom is 0.0351 e. The van der Waals surface area contributed by atoms with Crippen molar-refractivity contribution in [3.8, 4) is 0 Å². The lowest BCUT2D eigenvalue weighted by Crippen LogP contribution is -2.26. The van der Waals surface area contributed by atoms with Crippen LogP contribution in [0.4, 0.5) is 0 Å². The zero-order chi connectivity index (χ0) is 13.8. The Bertz CT molecular complexity index is 391. The van der Waals surface area contributed by atoms with Crippen molar-refractivity contribution in [3.05, 3.63) is 34.4 Å². The highest BCUT2D eigenvalue weighted by molar-refractivity contribution is 5.40. The monoisotopic (exact) mass is 259 g/mol. The Hall–Kier alpha value is -0.820. The fraction of sp³-hybridized carbons (Fsp3) is 0.667. The molecule has 0 spiro atoms. The van der Waals surface area contributed by atoms with Crippen LogP contribution in [-0.2, 0) is 0 Å². The summed E-state index contributed by atoms with van der Waals surface area (Å²) in [4.78, 5) is 0. The van der Waals surface area contributed by atoms with Crippen molar-refractivity contribution in [1.82, 2.24) is 5.32 Å². The SMILES string of the molecule is CNC(c1c(C)cc(C)cc1C)C1CCCCCC1. The Morgan fingerprint density at radius 1 is 0.947 bits per heavy atom. The van der Waals surface area contributed by atoms with Gasteiger partial charge in [0.2, 0.25) is 0 Å². The summed E-state index contributed by atoms with van der Waals surface area (Å²) in [6.45, 7) is 6.75. The van der Waals surface area contributed by atoms with Crippen LogP contribution in [0.25, 0.3) is 0 Å². The predicted molar refractivity (Wildman–Crippen MR) is 83.6 cm³/mol. The molecule has 1 aliphatic rings. The second kappa shape index (κ2) is 6.56. The van der Waals surface area contributed by atoms with E-state index in [-0.39, 0.29) is 0 Å². The van der Waals surface area contributed by atoms with Crippen LogP contribution >= 0.6 is 0 Å². The van der Waals surface area contributed by atoms with Crippen LogP contribution in [0.5, 0.6) is 0 Å².